The molecule has 2 unspecified atom stereocenters. The van der Waals surface area contributed by atoms with Crippen LogP contribution in [-0.4, -0.2) is 31.9 Å². The number of hydrogen-bond donors (Lipinski definition) is 0. The smallest absolute Gasteiger partial charge is 0.336 e. The van der Waals surface area contributed by atoms with Crippen LogP contribution >= 0.6 is 0 Å². The molecule has 0 amide bonds. The Morgan fingerprint density at radius 1 is 1.18 bits per heavy atom. The van der Waals surface area contributed by atoms with Gasteiger partial charge in [0.15, 0.2) is 0 Å². The van der Waals surface area contributed by atoms with E-state index in [0.29, 0.717) is 17.8 Å². The van der Waals surface area contributed by atoms with Gasteiger partial charge in [0, 0.05) is 11.6 Å². The van der Waals surface area contributed by atoms with Crippen LogP contribution in [0.5, 0.6) is 0 Å². The summed E-state index contributed by atoms with van der Waals surface area (Å²) in [5.74, 6) is -1.98. The third-order valence-corrected chi connectivity index (χ3v) is 4.73. The van der Waals surface area contributed by atoms with Crippen molar-refractivity contribution in [1.82, 2.24) is 0 Å². The zero-order chi connectivity index (χ0) is 20.8. The largest absolute Gasteiger partial charge is 0.469 e. The molecule has 0 spiro atoms. The number of hydrogen-bond acceptors (Lipinski definition) is 6. The van der Waals surface area contributed by atoms with Crippen molar-refractivity contribution in [3.63, 3.8) is 0 Å². The first-order valence-corrected chi connectivity index (χ1v) is 9.24. The molecule has 1 aliphatic heterocycles. The van der Waals surface area contributed by atoms with E-state index in [1.807, 2.05) is 45.0 Å². The van der Waals surface area contributed by atoms with Crippen molar-refractivity contribution in [2.45, 2.75) is 39.5 Å². The number of rotatable bonds is 6. The molecule has 1 aromatic rings. The van der Waals surface area contributed by atoms with E-state index >= 15 is 0 Å². The molecular weight excluding hydrogens is 356 g/mol. The Balaban J connectivity index is 2.72. The lowest BCUT2D eigenvalue weighted by Gasteiger charge is -2.31. The Kier molecular flexibility index (Phi) is 7.11. The van der Waals surface area contributed by atoms with Crippen molar-refractivity contribution in [3.05, 3.63) is 46.7 Å². The molecule has 0 bridgehead atoms. The van der Waals surface area contributed by atoms with E-state index in [1.54, 1.807) is 0 Å². The van der Waals surface area contributed by atoms with Crippen LogP contribution < -0.4 is 0 Å². The number of carbonyl (C=O) groups excluding carboxylic acids is 2. The van der Waals surface area contributed by atoms with Gasteiger partial charge in [-0.1, -0.05) is 43.7 Å². The van der Waals surface area contributed by atoms with Crippen molar-refractivity contribution in [3.8, 4) is 6.07 Å². The first-order valence-electron chi connectivity index (χ1n) is 9.24. The Labute approximate surface area is 165 Å². The predicted molar refractivity (Wildman–Crippen MR) is 106 cm³/mol. The maximum Gasteiger partial charge on any atom is 0.336 e. The highest BCUT2D eigenvalue weighted by Gasteiger charge is 2.40. The maximum atomic E-state index is 12.7. The standard InChI is InChI=1S/C22H26N2O4/c1-13(2)10-17-16(12-23)20(15-8-6-14(3)7-9-15)21(22(26)28-5)18(24-17)11-19(25)27-4/h6-9,13,16,20H,10-11H2,1-5H3. The number of carbonyl (C=O) groups is 2. The topological polar surface area (TPSA) is 88.8 Å². The van der Waals surface area contributed by atoms with Crippen LogP contribution in [-0.2, 0) is 19.1 Å². The average Bonchev–Trinajstić information content (AvgIpc) is 2.67. The summed E-state index contributed by atoms with van der Waals surface area (Å²) in [4.78, 5) is 29.2. The Morgan fingerprint density at radius 3 is 2.32 bits per heavy atom. The lowest BCUT2D eigenvalue weighted by atomic mass is 9.74. The van der Waals surface area contributed by atoms with Crippen molar-refractivity contribution in [2.75, 3.05) is 14.2 Å². The molecule has 0 radical (unpaired) electrons. The van der Waals surface area contributed by atoms with Gasteiger partial charge >= 0.3 is 11.9 Å². The van der Waals surface area contributed by atoms with Gasteiger partial charge in [0.1, 0.15) is 0 Å². The van der Waals surface area contributed by atoms with Crippen molar-refractivity contribution < 1.29 is 19.1 Å². The van der Waals surface area contributed by atoms with Crippen molar-refractivity contribution >= 4 is 17.7 Å². The number of esters is 2. The molecule has 6 nitrogen and oxygen atoms in total. The Bertz CT molecular complexity index is 844. The third-order valence-electron chi connectivity index (χ3n) is 4.73. The molecule has 2 rings (SSSR count). The van der Waals surface area contributed by atoms with Crippen LogP contribution in [0, 0.1) is 30.1 Å². The molecule has 148 valence electrons. The first kappa shape index (κ1) is 21.4. The van der Waals surface area contributed by atoms with E-state index in [-0.39, 0.29) is 17.9 Å². The number of nitrogens with zero attached hydrogens (tertiary/aromatic N) is 2. The van der Waals surface area contributed by atoms with Gasteiger partial charge < -0.3 is 9.47 Å². The van der Waals surface area contributed by atoms with E-state index in [4.69, 9.17) is 9.47 Å². The minimum absolute atomic E-state index is 0.150. The van der Waals surface area contributed by atoms with E-state index in [0.717, 1.165) is 11.1 Å². The number of nitriles is 1. The molecule has 1 aromatic carbocycles. The van der Waals surface area contributed by atoms with Crippen LogP contribution in [0.3, 0.4) is 0 Å². The number of methoxy groups -OCH3 is 2. The first-order chi connectivity index (χ1) is 13.3. The summed E-state index contributed by atoms with van der Waals surface area (Å²) in [5.41, 5.74) is 3.12. The molecule has 0 aromatic heterocycles. The number of aryl methyl sites for hydroxylation is 1. The summed E-state index contributed by atoms with van der Waals surface area (Å²) in [6.07, 6.45) is 0.447. The quantitative estimate of drug-likeness (QED) is 0.700. The number of aliphatic imine (C=N–C) groups is 1. The summed E-state index contributed by atoms with van der Waals surface area (Å²) < 4.78 is 9.77. The second-order valence-electron chi connectivity index (χ2n) is 7.30. The SMILES string of the molecule is COC(=O)CC1=C(C(=O)OC)C(c2ccc(C)cc2)C(C#N)C(CC(C)C)=N1. The van der Waals surface area contributed by atoms with Gasteiger partial charge in [-0.2, -0.15) is 5.26 Å². The third kappa shape index (κ3) is 4.66. The highest BCUT2D eigenvalue weighted by molar-refractivity contribution is 6.00. The normalized spacial score (nSPS) is 19.1. The monoisotopic (exact) mass is 382 g/mol. The van der Waals surface area contributed by atoms with Crippen molar-refractivity contribution in [1.29, 1.82) is 5.26 Å². The Morgan fingerprint density at radius 2 is 1.82 bits per heavy atom. The molecule has 0 saturated carbocycles. The van der Waals surface area contributed by atoms with Crippen LogP contribution in [0.15, 0.2) is 40.5 Å². The van der Waals surface area contributed by atoms with Crippen LogP contribution in [0.2, 0.25) is 0 Å². The number of benzene rings is 1. The highest BCUT2D eigenvalue weighted by Crippen LogP contribution is 2.41. The van der Waals surface area contributed by atoms with E-state index < -0.39 is 23.8 Å². The summed E-state index contributed by atoms with van der Waals surface area (Å²) in [6.45, 7) is 6.05. The fourth-order valence-electron chi connectivity index (χ4n) is 3.41. The van der Waals surface area contributed by atoms with Gasteiger partial charge in [0.2, 0.25) is 0 Å². The van der Waals surface area contributed by atoms with E-state index in [9.17, 15) is 14.9 Å². The molecule has 2 atom stereocenters. The van der Waals surface area contributed by atoms with Gasteiger partial charge in [-0.15, -0.1) is 0 Å². The molecule has 28 heavy (non-hydrogen) atoms. The lowest BCUT2D eigenvalue weighted by Crippen LogP contribution is -2.32. The summed E-state index contributed by atoms with van der Waals surface area (Å²) in [7, 11) is 2.57. The predicted octanol–water partition coefficient (Wildman–Crippen LogP) is 3.71. The van der Waals surface area contributed by atoms with Gasteiger partial charge in [-0.05, 0) is 24.8 Å². The summed E-state index contributed by atoms with van der Waals surface area (Å²) >= 11 is 0. The second kappa shape index (κ2) is 9.32. The Hall–Kier alpha value is -2.94. The highest BCUT2D eigenvalue weighted by atomic mass is 16.5. The zero-order valence-electron chi connectivity index (χ0n) is 17.0. The zero-order valence-corrected chi connectivity index (χ0v) is 17.0. The van der Waals surface area contributed by atoms with Gasteiger partial charge in [-0.25, -0.2) is 4.79 Å². The molecule has 1 aliphatic rings. The molecule has 0 saturated heterocycles. The molecule has 1 heterocycles. The lowest BCUT2D eigenvalue weighted by molar-refractivity contribution is -0.139. The summed E-state index contributed by atoms with van der Waals surface area (Å²) in [6, 6.07) is 10.0. The molecule has 6 heteroatoms. The second-order valence-corrected chi connectivity index (χ2v) is 7.30. The van der Waals surface area contributed by atoms with E-state index in [1.165, 1.54) is 14.2 Å². The minimum atomic E-state index is -0.611. The summed E-state index contributed by atoms with van der Waals surface area (Å²) in [5, 5.41) is 9.95. The minimum Gasteiger partial charge on any atom is -0.469 e. The van der Waals surface area contributed by atoms with Crippen LogP contribution in [0.4, 0.5) is 0 Å². The van der Waals surface area contributed by atoms with E-state index in [2.05, 4.69) is 11.1 Å². The van der Waals surface area contributed by atoms with Gasteiger partial charge in [-0.3, -0.25) is 9.79 Å². The van der Waals surface area contributed by atoms with Crippen LogP contribution in [0.1, 0.15) is 43.7 Å². The average molecular weight is 382 g/mol. The van der Waals surface area contributed by atoms with Crippen LogP contribution in [0.25, 0.3) is 0 Å². The maximum absolute atomic E-state index is 12.7. The van der Waals surface area contributed by atoms with Crippen molar-refractivity contribution in [2.24, 2.45) is 16.8 Å². The number of ether oxygens (including phenoxy) is 2. The van der Waals surface area contributed by atoms with Gasteiger partial charge in [0.25, 0.3) is 0 Å². The molecular formula is C22H26N2O4. The fourth-order valence-corrected chi connectivity index (χ4v) is 3.41. The molecule has 0 N–H and O–H groups in total. The fraction of sp³-hybridized carbons (Fsp3) is 0.455. The van der Waals surface area contributed by atoms with Gasteiger partial charge in [0.05, 0.1) is 43.9 Å². The molecule has 0 aliphatic carbocycles. The molecule has 0 fully saturated rings.